The SMILES string of the molecule is CN(C(=O)Nc1ccc2c(c1)Cc1ccccc1-2)c1cccc(-c2ccc(Cc3sc(=O)[nH]c3O)cc2)c1. The molecule has 0 atom stereocenters. The number of amides is 2. The first-order valence-corrected chi connectivity index (χ1v) is 13.1. The van der Waals surface area contributed by atoms with Crippen molar-refractivity contribution in [3.8, 4) is 28.1 Å². The fourth-order valence-electron chi connectivity index (χ4n) is 4.91. The van der Waals surface area contributed by atoms with Crippen molar-refractivity contribution in [1.29, 1.82) is 0 Å². The Hall–Kier alpha value is -4.62. The van der Waals surface area contributed by atoms with Gasteiger partial charge in [-0.1, -0.05) is 78.1 Å². The molecule has 5 aromatic rings. The van der Waals surface area contributed by atoms with Crippen LogP contribution < -0.4 is 15.1 Å². The molecule has 3 N–H and O–H groups in total. The van der Waals surface area contributed by atoms with Crippen LogP contribution in [0.4, 0.5) is 16.2 Å². The first kappa shape index (κ1) is 23.8. The molecule has 6 nitrogen and oxygen atoms in total. The second-order valence-electron chi connectivity index (χ2n) is 9.41. The zero-order chi connectivity index (χ0) is 26.2. The van der Waals surface area contributed by atoms with Gasteiger partial charge in [-0.05, 0) is 69.6 Å². The topological polar surface area (TPSA) is 85.4 Å². The maximum absolute atomic E-state index is 13.1. The minimum absolute atomic E-state index is 0.0666. The van der Waals surface area contributed by atoms with E-state index in [-0.39, 0.29) is 16.8 Å². The van der Waals surface area contributed by atoms with E-state index in [1.807, 2.05) is 54.6 Å². The molecule has 0 saturated heterocycles. The van der Waals surface area contributed by atoms with Gasteiger partial charge in [-0.2, -0.15) is 0 Å². The Morgan fingerprint density at radius 3 is 2.50 bits per heavy atom. The average Bonchev–Trinajstić information content (AvgIpc) is 3.46. The van der Waals surface area contributed by atoms with Crippen LogP contribution >= 0.6 is 11.3 Å². The zero-order valence-corrected chi connectivity index (χ0v) is 21.5. The first-order valence-electron chi connectivity index (χ1n) is 12.3. The van der Waals surface area contributed by atoms with E-state index in [0.29, 0.717) is 11.3 Å². The van der Waals surface area contributed by atoms with Crippen LogP contribution in [0, 0.1) is 0 Å². The number of hydrogen-bond acceptors (Lipinski definition) is 4. The quantitative estimate of drug-likeness (QED) is 0.239. The van der Waals surface area contributed by atoms with Crippen LogP contribution in [0.1, 0.15) is 21.6 Å². The third kappa shape index (κ3) is 4.60. The highest BCUT2D eigenvalue weighted by atomic mass is 32.1. The molecule has 0 unspecified atom stereocenters. The summed E-state index contributed by atoms with van der Waals surface area (Å²) in [6.07, 6.45) is 1.35. The highest BCUT2D eigenvalue weighted by molar-refractivity contribution is 7.09. The van der Waals surface area contributed by atoms with Gasteiger partial charge in [0.25, 0.3) is 0 Å². The van der Waals surface area contributed by atoms with E-state index >= 15 is 0 Å². The van der Waals surface area contributed by atoms with Crippen LogP contribution in [-0.4, -0.2) is 23.2 Å². The number of fused-ring (bicyclic) bond motifs is 3. The highest BCUT2D eigenvalue weighted by Crippen LogP contribution is 2.37. The number of aromatic nitrogens is 1. The van der Waals surface area contributed by atoms with Crippen LogP contribution in [-0.2, 0) is 12.8 Å². The van der Waals surface area contributed by atoms with Crippen molar-refractivity contribution in [1.82, 2.24) is 4.98 Å². The number of hydrogen-bond donors (Lipinski definition) is 3. The van der Waals surface area contributed by atoms with Crippen molar-refractivity contribution in [2.24, 2.45) is 0 Å². The Labute approximate surface area is 223 Å². The summed E-state index contributed by atoms with van der Waals surface area (Å²) >= 11 is 1.02. The smallest absolute Gasteiger partial charge is 0.326 e. The number of carbonyl (C=O) groups excluding carboxylic acids is 1. The van der Waals surface area contributed by atoms with Crippen LogP contribution in [0.15, 0.2) is 95.8 Å². The summed E-state index contributed by atoms with van der Waals surface area (Å²) in [6, 6.07) is 30.1. The number of anilines is 2. The average molecular weight is 520 g/mol. The Bertz CT molecular complexity index is 1720. The monoisotopic (exact) mass is 519 g/mol. The van der Waals surface area contributed by atoms with Gasteiger partial charge in [-0.15, -0.1) is 0 Å². The van der Waals surface area contributed by atoms with Gasteiger partial charge in [0.05, 0.1) is 4.88 Å². The number of urea groups is 1. The standard InChI is InChI=1S/C31H25N3O3S/c1-34(30(36)32-24-13-14-27-23(17-24)16-22-5-2-3-8-26(22)27)25-7-4-6-21(18-25)20-11-9-19(10-12-20)15-28-29(35)33-31(37)38-28/h2-14,17-18,35H,15-16H2,1H3,(H,32,36)(H,33,37). The summed E-state index contributed by atoms with van der Waals surface area (Å²) in [4.78, 5) is 28.9. The van der Waals surface area contributed by atoms with Gasteiger partial charge in [0, 0.05) is 24.8 Å². The lowest BCUT2D eigenvalue weighted by molar-refractivity contribution is 0.258. The normalized spacial score (nSPS) is 11.6. The molecular weight excluding hydrogens is 494 g/mol. The van der Waals surface area contributed by atoms with E-state index in [9.17, 15) is 14.7 Å². The largest absolute Gasteiger partial charge is 0.494 e. The van der Waals surface area contributed by atoms with Crippen LogP contribution in [0.2, 0.25) is 0 Å². The summed E-state index contributed by atoms with van der Waals surface area (Å²) in [6.45, 7) is 0. The second-order valence-corrected chi connectivity index (χ2v) is 10.5. The van der Waals surface area contributed by atoms with Crippen molar-refractivity contribution >= 4 is 28.7 Å². The van der Waals surface area contributed by atoms with E-state index in [1.165, 1.54) is 22.3 Å². The molecular formula is C31H25N3O3S. The van der Waals surface area contributed by atoms with Crippen molar-refractivity contribution < 1.29 is 9.90 Å². The molecule has 1 aliphatic rings. The first-order chi connectivity index (χ1) is 18.4. The molecule has 188 valence electrons. The Morgan fingerprint density at radius 2 is 1.71 bits per heavy atom. The number of thiazole rings is 1. The maximum Gasteiger partial charge on any atom is 0.326 e. The van der Waals surface area contributed by atoms with Gasteiger partial charge in [0.15, 0.2) is 0 Å². The lowest BCUT2D eigenvalue weighted by Gasteiger charge is -2.19. The van der Waals surface area contributed by atoms with E-state index in [1.54, 1.807) is 11.9 Å². The molecule has 0 spiro atoms. The van der Waals surface area contributed by atoms with E-state index in [0.717, 1.165) is 45.8 Å². The molecule has 7 heteroatoms. The molecule has 0 aliphatic heterocycles. The van der Waals surface area contributed by atoms with E-state index in [2.05, 4.69) is 46.7 Å². The Balaban J connectivity index is 1.15. The maximum atomic E-state index is 13.1. The van der Waals surface area contributed by atoms with Crippen LogP contribution in [0.5, 0.6) is 5.88 Å². The highest BCUT2D eigenvalue weighted by Gasteiger charge is 2.19. The van der Waals surface area contributed by atoms with Crippen molar-refractivity contribution in [2.45, 2.75) is 12.8 Å². The van der Waals surface area contributed by atoms with E-state index < -0.39 is 0 Å². The Kier molecular flexibility index (Phi) is 6.05. The van der Waals surface area contributed by atoms with Gasteiger partial charge in [0.1, 0.15) is 0 Å². The fraction of sp³-hybridized carbons (Fsp3) is 0.0968. The van der Waals surface area contributed by atoms with Crippen molar-refractivity contribution in [3.05, 3.63) is 122 Å². The molecule has 38 heavy (non-hydrogen) atoms. The summed E-state index contributed by atoms with van der Waals surface area (Å²) in [5, 5.41) is 12.9. The van der Waals surface area contributed by atoms with Gasteiger partial charge < -0.3 is 10.4 Å². The lowest BCUT2D eigenvalue weighted by atomic mass is 10.0. The number of benzene rings is 4. The predicted octanol–water partition coefficient (Wildman–Crippen LogP) is 6.64. The third-order valence-electron chi connectivity index (χ3n) is 6.94. The van der Waals surface area contributed by atoms with Crippen molar-refractivity contribution in [2.75, 3.05) is 17.3 Å². The number of aromatic amines is 1. The number of nitrogens with zero attached hydrogens (tertiary/aromatic N) is 1. The van der Waals surface area contributed by atoms with Gasteiger partial charge >= 0.3 is 10.9 Å². The number of carbonyl (C=O) groups is 1. The van der Waals surface area contributed by atoms with Crippen LogP contribution in [0.25, 0.3) is 22.3 Å². The lowest BCUT2D eigenvalue weighted by Crippen LogP contribution is -2.31. The fourth-order valence-corrected chi connectivity index (χ4v) is 5.67. The molecule has 1 heterocycles. The summed E-state index contributed by atoms with van der Waals surface area (Å²) < 4.78 is 0. The molecule has 4 aromatic carbocycles. The second kappa shape index (κ2) is 9.68. The van der Waals surface area contributed by atoms with Crippen LogP contribution in [0.3, 0.4) is 0 Å². The predicted molar refractivity (Wildman–Crippen MR) is 153 cm³/mol. The molecule has 0 saturated carbocycles. The molecule has 2 amide bonds. The molecule has 0 radical (unpaired) electrons. The van der Waals surface area contributed by atoms with Crippen molar-refractivity contribution in [3.63, 3.8) is 0 Å². The van der Waals surface area contributed by atoms with Gasteiger partial charge in [-0.25, -0.2) is 4.79 Å². The number of rotatable bonds is 5. The van der Waals surface area contributed by atoms with Gasteiger partial charge in [0.2, 0.25) is 5.88 Å². The minimum atomic E-state index is -0.263. The number of aromatic hydroxyl groups is 1. The Morgan fingerprint density at radius 1 is 0.921 bits per heavy atom. The molecule has 1 aliphatic carbocycles. The number of H-pyrrole nitrogens is 1. The summed E-state index contributed by atoms with van der Waals surface area (Å²) in [5.41, 5.74) is 9.56. The summed E-state index contributed by atoms with van der Waals surface area (Å²) in [5.74, 6) is -0.0666. The third-order valence-corrected chi connectivity index (χ3v) is 7.81. The molecule has 1 aromatic heterocycles. The minimum Gasteiger partial charge on any atom is -0.494 e. The molecule has 6 rings (SSSR count). The number of nitrogens with one attached hydrogen (secondary N) is 2. The van der Waals surface area contributed by atoms with Gasteiger partial charge in [-0.3, -0.25) is 14.7 Å². The molecule has 0 fully saturated rings. The summed E-state index contributed by atoms with van der Waals surface area (Å²) in [7, 11) is 1.76. The zero-order valence-electron chi connectivity index (χ0n) is 20.7. The molecule has 0 bridgehead atoms. The van der Waals surface area contributed by atoms with E-state index in [4.69, 9.17) is 0 Å².